The fraction of sp³-hybridized carbons (Fsp3) is 0.714. The highest BCUT2D eigenvalue weighted by atomic mass is 32.2. The summed E-state index contributed by atoms with van der Waals surface area (Å²) in [5, 5.41) is 19.2. The van der Waals surface area contributed by atoms with E-state index in [-0.39, 0.29) is 24.0 Å². The topological polar surface area (TPSA) is 86.6 Å². The standard InChI is InChI=1S/C7H13NO4S/c9-3-1-2-8-6(10)4-13-5-7(11)12/h9H,1-5H2,(H,8,10)(H,11,12). The van der Waals surface area contributed by atoms with Crippen LogP contribution in [0.5, 0.6) is 0 Å². The van der Waals surface area contributed by atoms with Crippen LogP contribution in [0.2, 0.25) is 0 Å². The molecule has 1 amide bonds. The number of nitrogens with one attached hydrogen (secondary N) is 1. The molecule has 13 heavy (non-hydrogen) atoms. The van der Waals surface area contributed by atoms with Gasteiger partial charge in [-0.1, -0.05) is 0 Å². The van der Waals surface area contributed by atoms with Crippen LogP contribution in [-0.4, -0.2) is 46.7 Å². The first-order valence-electron chi connectivity index (χ1n) is 3.84. The number of carbonyl (C=O) groups excluding carboxylic acids is 1. The molecule has 0 aliphatic heterocycles. The van der Waals surface area contributed by atoms with Crippen LogP contribution in [0.3, 0.4) is 0 Å². The molecule has 3 N–H and O–H groups in total. The Bertz CT molecular complexity index is 174. The van der Waals surface area contributed by atoms with Crippen LogP contribution >= 0.6 is 11.8 Å². The summed E-state index contributed by atoms with van der Waals surface area (Å²) in [4.78, 5) is 20.9. The Morgan fingerprint density at radius 2 is 2.00 bits per heavy atom. The van der Waals surface area contributed by atoms with E-state index >= 15 is 0 Å². The van der Waals surface area contributed by atoms with Gasteiger partial charge in [0.25, 0.3) is 0 Å². The maximum Gasteiger partial charge on any atom is 0.313 e. The van der Waals surface area contributed by atoms with Crippen molar-refractivity contribution in [3.05, 3.63) is 0 Å². The monoisotopic (exact) mass is 207 g/mol. The second kappa shape index (κ2) is 7.88. The molecule has 76 valence electrons. The third-order valence-corrected chi connectivity index (χ3v) is 2.03. The maximum absolute atomic E-state index is 10.9. The van der Waals surface area contributed by atoms with Crippen molar-refractivity contribution in [3.63, 3.8) is 0 Å². The lowest BCUT2D eigenvalue weighted by atomic mass is 10.4. The van der Waals surface area contributed by atoms with Crippen molar-refractivity contribution in [1.82, 2.24) is 5.32 Å². The maximum atomic E-state index is 10.9. The molecule has 0 heterocycles. The van der Waals surface area contributed by atoms with Crippen LogP contribution in [0.25, 0.3) is 0 Å². The van der Waals surface area contributed by atoms with Crippen LogP contribution in [0.4, 0.5) is 0 Å². The number of carbonyl (C=O) groups is 2. The number of rotatable bonds is 7. The van der Waals surface area contributed by atoms with E-state index in [0.29, 0.717) is 13.0 Å². The second-order valence-corrected chi connectivity index (χ2v) is 3.30. The zero-order valence-corrected chi connectivity index (χ0v) is 7.97. The highest BCUT2D eigenvalue weighted by Crippen LogP contribution is 1.97. The van der Waals surface area contributed by atoms with E-state index in [4.69, 9.17) is 10.2 Å². The van der Waals surface area contributed by atoms with Crippen LogP contribution in [0.15, 0.2) is 0 Å². The molecule has 0 aromatic rings. The summed E-state index contributed by atoms with van der Waals surface area (Å²) >= 11 is 1.05. The summed E-state index contributed by atoms with van der Waals surface area (Å²) in [6.07, 6.45) is 0.523. The largest absolute Gasteiger partial charge is 0.481 e. The molecule has 0 aromatic carbocycles. The number of amides is 1. The van der Waals surface area contributed by atoms with Crippen molar-refractivity contribution in [2.24, 2.45) is 0 Å². The molecule has 0 spiro atoms. The van der Waals surface area contributed by atoms with E-state index in [0.717, 1.165) is 11.8 Å². The summed E-state index contributed by atoms with van der Waals surface area (Å²) < 4.78 is 0. The minimum atomic E-state index is -0.923. The predicted molar refractivity (Wildman–Crippen MR) is 49.7 cm³/mol. The molecule has 5 nitrogen and oxygen atoms in total. The molecule has 0 bridgehead atoms. The molecule has 0 rings (SSSR count). The third kappa shape index (κ3) is 9.16. The van der Waals surface area contributed by atoms with Crippen molar-refractivity contribution in [2.75, 3.05) is 24.7 Å². The van der Waals surface area contributed by atoms with E-state index in [1.165, 1.54) is 0 Å². The summed E-state index contributed by atoms with van der Waals surface area (Å²) in [6, 6.07) is 0. The molecule has 0 aliphatic rings. The van der Waals surface area contributed by atoms with E-state index in [9.17, 15) is 9.59 Å². The van der Waals surface area contributed by atoms with Gasteiger partial charge < -0.3 is 15.5 Å². The molecule has 0 atom stereocenters. The third-order valence-electron chi connectivity index (χ3n) is 1.12. The van der Waals surface area contributed by atoms with Crippen LogP contribution < -0.4 is 5.32 Å². The number of aliphatic hydroxyl groups is 1. The highest BCUT2D eigenvalue weighted by Gasteiger charge is 2.02. The van der Waals surface area contributed by atoms with Gasteiger partial charge in [0.05, 0.1) is 11.5 Å². The summed E-state index contributed by atoms with van der Waals surface area (Å²) in [5.74, 6) is -1.03. The Morgan fingerprint density at radius 3 is 2.54 bits per heavy atom. The molecule has 0 saturated heterocycles. The lowest BCUT2D eigenvalue weighted by Gasteiger charge is -2.02. The second-order valence-electron chi connectivity index (χ2n) is 2.31. The van der Waals surface area contributed by atoms with Gasteiger partial charge in [0.15, 0.2) is 0 Å². The number of thioether (sulfide) groups is 1. The summed E-state index contributed by atoms with van der Waals surface area (Å²) in [6.45, 7) is 0.478. The smallest absolute Gasteiger partial charge is 0.313 e. The number of hydrogen-bond donors (Lipinski definition) is 3. The SMILES string of the molecule is O=C(O)CSCC(=O)NCCCO. The highest BCUT2D eigenvalue weighted by molar-refractivity contribution is 8.00. The summed E-state index contributed by atoms with van der Waals surface area (Å²) in [7, 11) is 0. The van der Waals surface area contributed by atoms with Gasteiger partial charge in [-0.2, -0.15) is 0 Å². The van der Waals surface area contributed by atoms with E-state index in [1.54, 1.807) is 0 Å². The van der Waals surface area contributed by atoms with E-state index < -0.39 is 5.97 Å². The number of aliphatic carboxylic acids is 1. The molecular weight excluding hydrogens is 194 g/mol. The van der Waals surface area contributed by atoms with Crippen molar-refractivity contribution in [1.29, 1.82) is 0 Å². The molecule has 0 unspecified atom stereocenters. The average Bonchev–Trinajstić information content (AvgIpc) is 2.04. The first kappa shape index (κ1) is 12.2. The van der Waals surface area contributed by atoms with Crippen LogP contribution in [0, 0.1) is 0 Å². The van der Waals surface area contributed by atoms with Crippen molar-refractivity contribution in [2.45, 2.75) is 6.42 Å². The Morgan fingerprint density at radius 1 is 1.31 bits per heavy atom. The Labute approximate surface area is 80.5 Å². The molecule has 0 aliphatic carbocycles. The Balaban J connectivity index is 3.25. The lowest BCUT2D eigenvalue weighted by Crippen LogP contribution is -2.27. The first-order chi connectivity index (χ1) is 6.16. The molecular formula is C7H13NO4S. The zero-order chi connectivity index (χ0) is 10.1. The van der Waals surface area contributed by atoms with E-state index in [1.807, 2.05) is 0 Å². The molecule has 0 radical (unpaired) electrons. The van der Waals surface area contributed by atoms with Gasteiger partial charge >= 0.3 is 5.97 Å². The van der Waals surface area contributed by atoms with Gasteiger partial charge in [0.1, 0.15) is 0 Å². The van der Waals surface area contributed by atoms with Gasteiger partial charge in [0, 0.05) is 13.2 Å². The van der Waals surface area contributed by atoms with Crippen molar-refractivity contribution in [3.8, 4) is 0 Å². The van der Waals surface area contributed by atoms with Gasteiger partial charge in [-0.3, -0.25) is 9.59 Å². The van der Waals surface area contributed by atoms with Gasteiger partial charge in [-0.15, -0.1) is 11.8 Å². The van der Waals surface area contributed by atoms with Crippen molar-refractivity contribution < 1.29 is 19.8 Å². The first-order valence-corrected chi connectivity index (χ1v) is 4.99. The quantitative estimate of drug-likeness (QED) is 0.481. The fourth-order valence-electron chi connectivity index (χ4n) is 0.589. The Kier molecular flexibility index (Phi) is 7.42. The average molecular weight is 207 g/mol. The lowest BCUT2D eigenvalue weighted by molar-refractivity contribution is -0.133. The number of carboxylic acid groups (broad SMARTS) is 1. The number of hydrogen-bond acceptors (Lipinski definition) is 4. The van der Waals surface area contributed by atoms with Crippen LogP contribution in [0.1, 0.15) is 6.42 Å². The molecule has 0 fully saturated rings. The Hall–Kier alpha value is -0.750. The zero-order valence-electron chi connectivity index (χ0n) is 7.15. The molecule has 6 heteroatoms. The van der Waals surface area contributed by atoms with E-state index in [2.05, 4.69) is 5.32 Å². The van der Waals surface area contributed by atoms with Crippen molar-refractivity contribution >= 4 is 23.6 Å². The number of aliphatic hydroxyl groups excluding tert-OH is 1. The predicted octanol–water partition coefficient (Wildman–Crippen LogP) is -0.697. The minimum absolute atomic E-state index is 0.0442. The minimum Gasteiger partial charge on any atom is -0.481 e. The normalized spacial score (nSPS) is 9.62. The van der Waals surface area contributed by atoms with Gasteiger partial charge in [-0.25, -0.2) is 0 Å². The molecule has 0 saturated carbocycles. The van der Waals surface area contributed by atoms with Gasteiger partial charge in [-0.05, 0) is 6.42 Å². The summed E-state index contributed by atoms with van der Waals surface area (Å²) in [5.41, 5.74) is 0. The van der Waals surface area contributed by atoms with Crippen LogP contribution in [-0.2, 0) is 9.59 Å². The van der Waals surface area contributed by atoms with Gasteiger partial charge in [0.2, 0.25) is 5.91 Å². The molecule has 0 aromatic heterocycles. The number of carboxylic acids is 1. The fourth-order valence-corrected chi connectivity index (χ4v) is 1.15.